The number of aliphatic hydroxyl groups is 1. The van der Waals surface area contributed by atoms with Crippen molar-refractivity contribution in [2.24, 2.45) is 0 Å². The van der Waals surface area contributed by atoms with E-state index in [2.05, 4.69) is 24.2 Å². The number of aliphatic hydroxyl groups excluding tert-OH is 1. The minimum Gasteiger partial charge on any atom is -0.389 e. The van der Waals surface area contributed by atoms with Crippen molar-refractivity contribution in [1.82, 2.24) is 10.2 Å². The Kier molecular flexibility index (Phi) is 8.54. The lowest BCUT2D eigenvalue weighted by atomic mass is 10.2. The number of hydrogen-bond acceptors (Lipinski definition) is 5. The van der Waals surface area contributed by atoms with Crippen molar-refractivity contribution in [2.45, 2.75) is 32.0 Å². The zero-order valence-corrected chi connectivity index (χ0v) is 11.7. The van der Waals surface area contributed by atoms with Gasteiger partial charge in [-0.25, -0.2) is 0 Å². The summed E-state index contributed by atoms with van der Waals surface area (Å²) in [7, 11) is 2.09. The van der Waals surface area contributed by atoms with Crippen LogP contribution in [0.1, 0.15) is 19.8 Å². The number of hydrogen-bond donors (Lipinski definition) is 2. The summed E-state index contributed by atoms with van der Waals surface area (Å²) in [6, 6.07) is 0. The van der Waals surface area contributed by atoms with Crippen LogP contribution < -0.4 is 5.32 Å². The summed E-state index contributed by atoms with van der Waals surface area (Å²) in [6.07, 6.45) is 2.02. The fourth-order valence-electron chi connectivity index (χ4n) is 1.87. The molecule has 2 unspecified atom stereocenters. The van der Waals surface area contributed by atoms with Crippen molar-refractivity contribution in [1.29, 1.82) is 0 Å². The normalized spacial score (nSPS) is 21.7. The van der Waals surface area contributed by atoms with Gasteiger partial charge in [-0.2, -0.15) is 0 Å². The van der Waals surface area contributed by atoms with E-state index in [1.165, 1.54) is 0 Å². The Bertz CT molecular complexity index is 199. The van der Waals surface area contributed by atoms with Crippen molar-refractivity contribution in [3.8, 4) is 0 Å². The third kappa shape index (κ3) is 7.28. The molecule has 2 atom stereocenters. The van der Waals surface area contributed by atoms with E-state index >= 15 is 0 Å². The molecule has 0 saturated carbocycles. The Balaban J connectivity index is 1.88. The summed E-state index contributed by atoms with van der Waals surface area (Å²) in [5.41, 5.74) is 0. The Labute approximate surface area is 110 Å². The second-order valence-corrected chi connectivity index (χ2v) is 4.93. The van der Waals surface area contributed by atoms with Gasteiger partial charge in [0.2, 0.25) is 0 Å². The van der Waals surface area contributed by atoms with Crippen molar-refractivity contribution >= 4 is 0 Å². The van der Waals surface area contributed by atoms with Crippen LogP contribution in [-0.2, 0) is 9.47 Å². The van der Waals surface area contributed by atoms with Crippen LogP contribution in [0, 0.1) is 0 Å². The number of ether oxygens (including phenoxy) is 2. The zero-order chi connectivity index (χ0) is 13.2. The molecule has 0 aromatic heterocycles. The molecule has 1 fully saturated rings. The highest BCUT2D eigenvalue weighted by Gasteiger charge is 2.15. The van der Waals surface area contributed by atoms with E-state index in [1.54, 1.807) is 0 Å². The van der Waals surface area contributed by atoms with E-state index in [1.807, 2.05) is 0 Å². The second-order valence-electron chi connectivity index (χ2n) is 4.93. The molecule has 0 aromatic carbocycles. The molecule has 5 nitrogen and oxygen atoms in total. The van der Waals surface area contributed by atoms with Gasteiger partial charge >= 0.3 is 0 Å². The highest BCUT2D eigenvalue weighted by atomic mass is 16.5. The summed E-state index contributed by atoms with van der Waals surface area (Å²) in [6.45, 7) is 7.51. The topological polar surface area (TPSA) is 54.0 Å². The van der Waals surface area contributed by atoms with Gasteiger partial charge in [0, 0.05) is 26.2 Å². The second kappa shape index (κ2) is 9.69. The first-order chi connectivity index (χ1) is 8.72. The Morgan fingerprint density at radius 3 is 3.06 bits per heavy atom. The molecule has 1 heterocycles. The maximum atomic E-state index is 9.70. The van der Waals surface area contributed by atoms with Gasteiger partial charge in [0.25, 0.3) is 0 Å². The molecule has 0 spiro atoms. The first-order valence-corrected chi connectivity index (χ1v) is 6.99. The molecule has 1 saturated heterocycles. The molecule has 1 aliphatic heterocycles. The summed E-state index contributed by atoms with van der Waals surface area (Å²) in [4.78, 5) is 2.23. The lowest BCUT2D eigenvalue weighted by Gasteiger charge is -2.17. The van der Waals surface area contributed by atoms with Crippen molar-refractivity contribution < 1.29 is 14.6 Å². The van der Waals surface area contributed by atoms with Gasteiger partial charge in [0.1, 0.15) is 0 Å². The lowest BCUT2D eigenvalue weighted by Crippen LogP contribution is -2.35. The number of nitrogens with zero attached hydrogens (tertiary/aromatic N) is 1. The van der Waals surface area contributed by atoms with Gasteiger partial charge < -0.3 is 24.8 Å². The van der Waals surface area contributed by atoms with Gasteiger partial charge in [0.15, 0.2) is 0 Å². The molecular formula is C13H28N2O3. The van der Waals surface area contributed by atoms with E-state index in [-0.39, 0.29) is 6.10 Å². The van der Waals surface area contributed by atoms with Crippen LogP contribution in [0.4, 0.5) is 0 Å². The molecule has 0 bridgehead atoms. The van der Waals surface area contributed by atoms with Gasteiger partial charge in [-0.05, 0) is 26.4 Å². The van der Waals surface area contributed by atoms with E-state index in [0.717, 1.165) is 39.1 Å². The minimum absolute atomic E-state index is 0.239. The molecule has 2 N–H and O–H groups in total. The van der Waals surface area contributed by atoms with Crippen molar-refractivity contribution in [3.05, 3.63) is 0 Å². The quantitative estimate of drug-likeness (QED) is 0.545. The van der Waals surface area contributed by atoms with Crippen LogP contribution in [0.25, 0.3) is 0 Å². The van der Waals surface area contributed by atoms with Crippen LogP contribution in [0.5, 0.6) is 0 Å². The van der Waals surface area contributed by atoms with Crippen LogP contribution >= 0.6 is 0 Å². The lowest BCUT2D eigenvalue weighted by molar-refractivity contribution is -0.0164. The van der Waals surface area contributed by atoms with Gasteiger partial charge in [-0.1, -0.05) is 6.92 Å². The highest BCUT2D eigenvalue weighted by Crippen LogP contribution is 2.11. The van der Waals surface area contributed by atoms with Gasteiger partial charge in [0.05, 0.1) is 25.4 Å². The van der Waals surface area contributed by atoms with E-state index in [9.17, 15) is 5.11 Å². The largest absolute Gasteiger partial charge is 0.389 e. The van der Waals surface area contributed by atoms with E-state index < -0.39 is 6.10 Å². The average molecular weight is 260 g/mol. The summed E-state index contributed by atoms with van der Waals surface area (Å²) in [5, 5.41) is 12.9. The van der Waals surface area contributed by atoms with E-state index in [0.29, 0.717) is 19.8 Å². The maximum absolute atomic E-state index is 9.70. The number of rotatable bonds is 10. The standard InChI is InChI=1S/C13H28N2O3/c1-3-15(2)7-6-14-9-12(16)10-17-11-13-5-4-8-18-13/h12-14,16H,3-11H2,1-2H3. The number of nitrogens with one attached hydrogen (secondary N) is 1. The van der Waals surface area contributed by atoms with Gasteiger partial charge in [-0.3, -0.25) is 0 Å². The number of likely N-dealkylation sites (N-methyl/N-ethyl adjacent to an activating group) is 1. The van der Waals surface area contributed by atoms with Crippen molar-refractivity contribution in [3.63, 3.8) is 0 Å². The fraction of sp³-hybridized carbons (Fsp3) is 1.00. The Morgan fingerprint density at radius 2 is 2.39 bits per heavy atom. The maximum Gasteiger partial charge on any atom is 0.0897 e. The molecule has 0 aromatic rings. The Hall–Kier alpha value is -0.200. The highest BCUT2D eigenvalue weighted by molar-refractivity contribution is 4.65. The molecule has 108 valence electrons. The Morgan fingerprint density at radius 1 is 1.56 bits per heavy atom. The van der Waals surface area contributed by atoms with Crippen molar-refractivity contribution in [2.75, 3.05) is 53.0 Å². The van der Waals surface area contributed by atoms with E-state index in [4.69, 9.17) is 9.47 Å². The summed E-state index contributed by atoms with van der Waals surface area (Å²) < 4.78 is 10.9. The van der Waals surface area contributed by atoms with Crippen LogP contribution in [0.15, 0.2) is 0 Å². The molecule has 0 radical (unpaired) electrons. The third-order valence-electron chi connectivity index (χ3n) is 3.23. The molecule has 18 heavy (non-hydrogen) atoms. The molecular weight excluding hydrogens is 232 g/mol. The summed E-state index contributed by atoms with van der Waals surface area (Å²) in [5.74, 6) is 0. The molecule has 0 amide bonds. The smallest absolute Gasteiger partial charge is 0.0897 e. The predicted molar refractivity (Wildman–Crippen MR) is 71.8 cm³/mol. The predicted octanol–water partition coefficient (Wildman–Crippen LogP) is 0.0842. The third-order valence-corrected chi connectivity index (χ3v) is 3.23. The molecule has 1 aliphatic rings. The SMILES string of the molecule is CCN(C)CCNCC(O)COCC1CCCO1. The molecule has 1 rings (SSSR count). The zero-order valence-electron chi connectivity index (χ0n) is 11.7. The molecule has 5 heteroatoms. The first kappa shape index (κ1) is 15.9. The van der Waals surface area contributed by atoms with Crippen LogP contribution in [0.2, 0.25) is 0 Å². The molecule has 0 aliphatic carbocycles. The first-order valence-electron chi connectivity index (χ1n) is 6.99. The van der Waals surface area contributed by atoms with Crippen LogP contribution in [0.3, 0.4) is 0 Å². The van der Waals surface area contributed by atoms with Crippen LogP contribution in [-0.4, -0.2) is 75.3 Å². The monoisotopic (exact) mass is 260 g/mol. The minimum atomic E-state index is -0.432. The summed E-state index contributed by atoms with van der Waals surface area (Å²) >= 11 is 0. The fourth-order valence-corrected chi connectivity index (χ4v) is 1.87. The van der Waals surface area contributed by atoms with Gasteiger partial charge in [-0.15, -0.1) is 0 Å². The average Bonchev–Trinajstić information content (AvgIpc) is 2.87.